The Balaban J connectivity index is 2.10. The molecule has 3 aromatic carbocycles. The summed E-state index contributed by atoms with van der Waals surface area (Å²) in [4.78, 5) is 167. The molecule has 8 atom stereocenters. The molecule has 37 nitrogen and oxygen atoms in total. The van der Waals surface area contributed by atoms with Crippen LogP contribution in [0.25, 0.3) is 0 Å². The Morgan fingerprint density at radius 3 is 0.898 bits per heavy atom. The maximum absolute atomic E-state index is 15.0. The van der Waals surface area contributed by atoms with Crippen LogP contribution in [0.15, 0.2) is 92.8 Å². The number of nitrogens with zero attached hydrogens (tertiary/aromatic N) is 4. The fourth-order valence-electron chi connectivity index (χ4n) is 9.18. The Hall–Kier alpha value is -11.3. The van der Waals surface area contributed by atoms with Gasteiger partial charge in [-0.15, -0.1) is 0 Å². The van der Waals surface area contributed by atoms with Crippen molar-refractivity contribution in [1.82, 2.24) is 53.2 Å². The van der Waals surface area contributed by atoms with Crippen molar-refractivity contribution in [3.63, 3.8) is 0 Å². The van der Waals surface area contributed by atoms with Gasteiger partial charge < -0.3 is 120 Å². The summed E-state index contributed by atoms with van der Waals surface area (Å²) in [7, 11) is 0. The van der Waals surface area contributed by atoms with E-state index in [4.69, 9.17) is 51.6 Å². The van der Waals surface area contributed by atoms with Crippen LogP contribution in [0.2, 0.25) is 0 Å². The van der Waals surface area contributed by atoms with E-state index in [1.54, 1.807) is 0 Å². The third-order valence-corrected chi connectivity index (χ3v) is 14.5. The molecule has 0 saturated carbocycles. The molecule has 0 aliphatic rings. The first-order valence-corrected chi connectivity index (χ1v) is 31.4. The standard InChI is InChI=1S/C60H91N23O14S/c1-32(84)76-40(7-3-23-71-58(64)65)51(92)81-44(27-34-12-18-37(86)19-13-34)55(96)79-42(9-5-25-73-60(68)69)53(94)83-45(28-35-14-20-38(87)21-15-35)56(97)80-41(8-4-24-72-59(66)67)52(93)82-43(26-33-10-16-36(85)17-11-33)54(95)78-39(6-2-22-70-57(62)63)50(91)75-29-47(88)74-30-48(89)77-46(31-98)49(61)90/h10-21,39-46,85-87,98H,2-9,22-31H2,1H3,(H2,61,90)(H,74,88)(H,75,91)(H,76,84)(H,77,89)(H,78,95)(H,79,96)(H,80,97)(H,81,92)(H,82,93)(H,83,94)(H4,62,63,70)(H4,64,65,71)(H4,66,67,72)(H4,68,69,73)/t39-,40-,41-,42-,43-,44-,45-,46-/m0/s1. The molecule has 0 aliphatic heterocycles. The van der Waals surface area contributed by atoms with Gasteiger partial charge in [0.2, 0.25) is 65.0 Å². The van der Waals surface area contributed by atoms with E-state index in [9.17, 15) is 68.1 Å². The number of nitrogens with two attached hydrogens (primary N) is 9. The Morgan fingerprint density at radius 2 is 0.622 bits per heavy atom. The molecule has 0 unspecified atom stereocenters. The van der Waals surface area contributed by atoms with Gasteiger partial charge in [0.05, 0.1) is 13.1 Å². The minimum Gasteiger partial charge on any atom is -0.508 e. The fraction of sp³-hybridized carbons (Fsp3) is 0.450. The van der Waals surface area contributed by atoms with Crippen LogP contribution in [0.4, 0.5) is 0 Å². The molecule has 0 heterocycles. The second-order valence-corrected chi connectivity index (χ2v) is 22.6. The molecular formula is C60H91N23O14S. The number of rotatable bonds is 43. The van der Waals surface area contributed by atoms with Gasteiger partial charge in [-0.05, 0) is 104 Å². The number of amides is 11. The maximum Gasteiger partial charge on any atom is 0.243 e. The summed E-state index contributed by atoms with van der Waals surface area (Å²) in [6.07, 6.45) is -1.09. The number of carbonyl (C=O) groups excluding carboxylic acids is 11. The van der Waals surface area contributed by atoms with E-state index in [0.29, 0.717) is 16.7 Å². The number of phenolic OH excluding ortho intramolecular Hbond substituents is 3. The molecule has 98 heavy (non-hydrogen) atoms. The third kappa shape index (κ3) is 32.7. The van der Waals surface area contributed by atoms with Crippen LogP contribution in [0, 0.1) is 0 Å². The fourth-order valence-corrected chi connectivity index (χ4v) is 9.46. The lowest BCUT2D eigenvalue weighted by Gasteiger charge is -2.28. The van der Waals surface area contributed by atoms with E-state index in [1.807, 2.05) is 0 Å². The monoisotopic (exact) mass is 1390 g/mol. The zero-order valence-electron chi connectivity index (χ0n) is 54.0. The summed E-state index contributed by atoms with van der Waals surface area (Å²) >= 11 is 3.96. The minimum absolute atomic E-state index is 0.00913. The Bertz CT molecular complexity index is 3290. The zero-order valence-corrected chi connectivity index (χ0v) is 54.9. The average molecular weight is 1390 g/mol. The summed E-state index contributed by atoms with van der Waals surface area (Å²) in [6, 6.07) is 5.13. The molecule has 0 aliphatic carbocycles. The van der Waals surface area contributed by atoms with E-state index < -0.39 is 126 Å². The summed E-state index contributed by atoms with van der Waals surface area (Å²) < 4.78 is 0. The molecule has 11 amide bonds. The lowest BCUT2D eigenvalue weighted by Crippen LogP contribution is -2.60. The number of nitrogens with one attached hydrogen (secondary N) is 10. The van der Waals surface area contributed by atoms with Crippen molar-refractivity contribution < 1.29 is 68.1 Å². The molecule has 38 heteroatoms. The molecular weight excluding hydrogens is 1300 g/mol. The number of thiol groups is 1. The van der Waals surface area contributed by atoms with Gasteiger partial charge in [-0.2, -0.15) is 12.6 Å². The molecule has 0 bridgehead atoms. The van der Waals surface area contributed by atoms with Gasteiger partial charge in [-0.25, -0.2) is 0 Å². The van der Waals surface area contributed by atoms with Crippen molar-refractivity contribution in [2.75, 3.05) is 45.0 Å². The molecule has 0 aromatic heterocycles. The molecule has 536 valence electrons. The number of primary amides is 1. The van der Waals surface area contributed by atoms with E-state index in [-0.39, 0.29) is 144 Å². The normalized spacial score (nSPS) is 13.1. The third-order valence-electron chi connectivity index (χ3n) is 14.1. The number of hydrogen-bond donors (Lipinski definition) is 23. The first kappa shape index (κ1) is 80.9. The van der Waals surface area contributed by atoms with Crippen LogP contribution in [-0.4, -0.2) is 197 Å². The highest BCUT2D eigenvalue weighted by molar-refractivity contribution is 7.80. The summed E-state index contributed by atoms with van der Waals surface area (Å²) in [5.41, 5.74) is 50.8. The quantitative estimate of drug-likeness (QED) is 0.0108. The second-order valence-electron chi connectivity index (χ2n) is 22.2. The van der Waals surface area contributed by atoms with Crippen LogP contribution < -0.4 is 105 Å². The Kier molecular flexibility index (Phi) is 35.4. The number of aromatic hydroxyl groups is 3. The number of hydrogen-bond acceptors (Lipinski definition) is 19. The highest BCUT2D eigenvalue weighted by Gasteiger charge is 2.35. The second kappa shape index (κ2) is 42.9. The van der Waals surface area contributed by atoms with Crippen LogP contribution in [0.3, 0.4) is 0 Å². The molecule has 31 N–H and O–H groups in total. The van der Waals surface area contributed by atoms with Crippen molar-refractivity contribution in [2.45, 2.75) is 126 Å². The largest absolute Gasteiger partial charge is 0.508 e. The van der Waals surface area contributed by atoms with Gasteiger partial charge in [-0.3, -0.25) is 72.7 Å². The van der Waals surface area contributed by atoms with Crippen molar-refractivity contribution in [1.29, 1.82) is 0 Å². The highest BCUT2D eigenvalue weighted by Crippen LogP contribution is 2.17. The number of benzene rings is 3. The molecule has 0 saturated heterocycles. The van der Waals surface area contributed by atoms with E-state index in [0.717, 1.165) is 0 Å². The van der Waals surface area contributed by atoms with Crippen molar-refractivity contribution in [3.05, 3.63) is 89.5 Å². The van der Waals surface area contributed by atoms with Gasteiger partial charge in [0, 0.05) is 58.1 Å². The highest BCUT2D eigenvalue weighted by atomic mass is 32.1. The zero-order chi connectivity index (χ0) is 72.9. The lowest BCUT2D eigenvalue weighted by atomic mass is 10.0. The molecule has 0 fully saturated rings. The Labute approximate surface area is 569 Å². The topological polar surface area (TPSA) is 652 Å². The van der Waals surface area contributed by atoms with Gasteiger partial charge in [0.15, 0.2) is 23.8 Å². The summed E-state index contributed by atoms with van der Waals surface area (Å²) in [5.74, 6) is -11.3. The van der Waals surface area contributed by atoms with Gasteiger partial charge in [-0.1, -0.05) is 36.4 Å². The molecule has 0 spiro atoms. The lowest BCUT2D eigenvalue weighted by molar-refractivity contribution is -0.136. The van der Waals surface area contributed by atoms with Crippen LogP contribution in [0.5, 0.6) is 17.2 Å². The first-order valence-electron chi connectivity index (χ1n) is 30.8. The van der Waals surface area contributed by atoms with E-state index >= 15 is 0 Å². The van der Waals surface area contributed by atoms with Crippen LogP contribution in [0.1, 0.15) is 75.0 Å². The van der Waals surface area contributed by atoms with Gasteiger partial charge in [0.25, 0.3) is 0 Å². The maximum atomic E-state index is 15.0. The minimum atomic E-state index is -1.62. The smallest absolute Gasteiger partial charge is 0.243 e. The number of aliphatic imine (C=N–C) groups is 4. The predicted octanol–water partition coefficient (Wildman–Crippen LogP) is -7.41. The van der Waals surface area contributed by atoms with Crippen molar-refractivity contribution >= 4 is 101 Å². The van der Waals surface area contributed by atoms with Crippen LogP contribution >= 0.6 is 12.6 Å². The number of phenols is 3. The molecule has 0 radical (unpaired) electrons. The summed E-state index contributed by atoms with van der Waals surface area (Å²) in [5, 5.41) is 55.8. The van der Waals surface area contributed by atoms with Crippen molar-refractivity contribution in [2.24, 2.45) is 71.6 Å². The molecule has 3 aromatic rings. The first-order chi connectivity index (χ1) is 46.4. The van der Waals surface area contributed by atoms with Gasteiger partial charge >= 0.3 is 0 Å². The van der Waals surface area contributed by atoms with E-state index in [1.165, 1.54) is 79.7 Å². The van der Waals surface area contributed by atoms with Crippen molar-refractivity contribution in [3.8, 4) is 17.2 Å². The SMILES string of the molecule is CC(=O)N[C@@H](CCCN=C(N)N)C(=O)N[C@@H](Cc1ccc(O)cc1)C(=O)N[C@@H](CCCN=C(N)N)C(=O)N[C@@H](Cc1ccc(O)cc1)C(=O)N[C@@H](CCCN=C(N)N)C(=O)N[C@@H](Cc1ccc(O)cc1)C(=O)N[C@@H](CCCN=C(N)N)C(=O)NCC(=O)NCC(=O)N[C@@H](CS)C(N)=O. The number of guanidine groups is 4. The van der Waals surface area contributed by atoms with Gasteiger partial charge in [0.1, 0.15) is 65.6 Å². The van der Waals surface area contributed by atoms with E-state index in [2.05, 4.69) is 85.8 Å². The average Bonchev–Trinajstić information content (AvgIpc) is 0.856. The summed E-state index contributed by atoms with van der Waals surface area (Å²) in [6.45, 7) is -0.218. The number of carbonyl (C=O) groups is 11. The Morgan fingerprint density at radius 1 is 0.357 bits per heavy atom. The predicted molar refractivity (Wildman–Crippen MR) is 365 cm³/mol. The van der Waals surface area contributed by atoms with Crippen LogP contribution in [-0.2, 0) is 72.0 Å². The molecule has 3 rings (SSSR count).